The number of rotatable bonds is 5. The standard InChI is InChI=1S/C20H24N4OS/c1-4-16-13(2)14(3)20(25-16)24-12-23-17-18(24)21-11-22-19(17)26-10-15-8-6-5-7-9-15/h5-9,11-14,16,20H,4,10H2,1-3H3/t13?,14-,16+,20+/m0/s1. The minimum absolute atomic E-state index is 0.0122. The molecular formula is C20H24N4OS. The van der Waals surface area contributed by atoms with Gasteiger partial charge in [-0.1, -0.05) is 62.9 Å². The van der Waals surface area contributed by atoms with E-state index in [0.717, 1.165) is 28.4 Å². The monoisotopic (exact) mass is 368 g/mol. The zero-order chi connectivity index (χ0) is 18.1. The van der Waals surface area contributed by atoms with Crippen molar-refractivity contribution in [2.24, 2.45) is 11.8 Å². The van der Waals surface area contributed by atoms with Crippen LogP contribution in [-0.2, 0) is 10.5 Å². The molecule has 1 aromatic carbocycles. The average Bonchev–Trinajstić information content (AvgIpc) is 3.23. The second kappa shape index (κ2) is 7.37. The summed E-state index contributed by atoms with van der Waals surface area (Å²) in [6.07, 6.45) is 4.80. The van der Waals surface area contributed by atoms with E-state index >= 15 is 0 Å². The largest absolute Gasteiger partial charge is 0.354 e. The molecule has 1 fully saturated rings. The molecule has 26 heavy (non-hydrogen) atoms. The summed E-state index contributed by atoms with van der Waals surface area (Å²) in [7, 11) is 0. The summed E-state index contributed by atoms with van der Waals surface area (Å²) in [6, 6.07) is 10.4. The van der Waals surface area contributed by atoms with Crippen LogP contribution < -0.4 is 0 Å². The van der Waals surface area contributed by atoms with E-state index in [0.29, 0.717) is 17.9 Å². The SMILES string of the molecule is CC[C@H]1O[C@@H](n2cnc3c(SCc4ccccc4)ncnc32)[C@@H](C)C1C. The number of hydrogen-bond donors (Lipinski definition) is 0. The molecule has 136 valence electrons. The Morgan fingerprint density at radius 1 is 1.08 bits per heavy atom. The number of aromatic nitrogens is 4. The highest BCUT2D eigenvalue weighted by Gasteiger charge is 2.39. The van der Waals surface area contributed by atoms with Crippen molar-refractivity contribution < 1.29 is 4.74 Å². The molecule has 0 bridgehead atoms. The molecule has 2 aromatic heterocycles. The molecule has 1 saturated heterocycles. The van der Waals surface area contributed by atoms with Crippen molar-refractivity contribution in [2.45, 2.75) is 50.3 Å². The Morgan fingerprint density at radius 2 is 1.88 bits per heavy atom. The first-order valence-corrected chi connectivity index (χ1v) is 10.2. The van der Waals surface area contributed by atoms with Crippen molar-refractivity contribution in [3.63, 3.8) is 0 Å². The second-order valence-corrected chi connectivity index (χ2v) is 7.93. The molecule has 5 nitrogen and oxygen atoms in total. The molecule has 3 aromatic rings. The van der Waals surface area contributed by atoms with Crippen LogP contribution >= 0.6 is 11.8 Å². The number of benzene rings is 1. The summed E-state index contributed by atoms with van der Waals surface area (Å²) in [4.78, 5) is 13.6. The fourth-order valence-electron chi connectivity index (χ4n) is 3.66. The van der Waals surface area contributed by atoms with Gasteiger partial charge in [-0.3, -0.25) is 4.57 Å². The topological polar surface area (TPSA) is 52.8 Å². The maximum atomic E-state index is 6.31. The predicted molar refractivity (Wildman–Crippen MR) is 104 cm³/mol. The Morgan fingerprint density at radius 3 is 2.62 bits per heavy atom. The highest BCUT2D eigenvalue weighted by molar-refractivity contribution is 7.98. The average molecular weight is 369 g/mol. The normalized spacial score (nSPS) is 25.8. The summed E-state index contributed by atoms with van der Waals surface area (Å²) >= 11 is 1.70. The molecule has 4 atom stereocenters. The molecule has 0 amide bonds. The highest BCUT2D eigenvalue weighted by atomic mass is 32.2. The lowest BCUT2D eigenvalue weighted by Crippen LogP contribution is -2.15. The van der Waals surface area contributed by atoms with Crippen molar-refractivity contribution in [1.82, 2.24) is 19.5 Å². The lowest BCUT2D eigenvalue weighted by molar-refractivity contribution is -0.0120. The van der Waals surface area contributed by atoms with E-state index in [-0.39, 0.29) is 6.23 Å². The second-order valence-electron chi connectivity index (χ2n) is 6.97. The maximum absolute atomic E-state index is 6.31. The predicted octanol–water partition coefficient (Wildman–Crippen LogP) is 4.70. The number of thioether (sulfide) groups is 1. The quantitative estimate of drug-likeness (QED) is 0.483. The highest BCUT2D eigenvalue weighted by Crippen LogP contribution is 2.41. The first kappa shape index (κ1) is 17.5. The first-order chi connectivity index (χ1) is 12.7. The van der Waals surface area contributed by atoms with E-state index in [2.05, 4.69) is 64.6 Å². The molecule has 1 aliphatic rings. The summed E-state index contributed by atoms with van der Waals surface area (Å²) in [5.74, 6) is 1.81. The van der Waals surface area contributed by atoms with Gasteiger partial charge in [-0.25, -0.2) is 15.0 Å². The maximum Gasteiger partial charge on any atom is 0.166 e. The summed E-state index contributed by atoms with van der Waals surface area (Å²) in [6.45, 7) is 6.71. The van der Waals surface area contributed by atoms with Crippen LogP contribution in [0.2, 0.25) is 0 Å². The lowest BCUT2D eigenvalue weighted by atomic mass is 9.91. The van der Waals surface area contributed by atoms with Crippen molar-refractivity contribution in [1.29, 1.82) is 0 Å². The minimum atomic E-state index is -0.0122. The molecule has 1 unspecified atom stereocenters. The van der Waals surface area contributed by atoms with Gasteiger partial charge in [0.15, 0.2) is 5.65 Å². The third-order valence-corrected chi connectivity index (χ3v) is 6.45. The van der Waals surface area contributed by atoms with E-state index in [4.69, 9.17) is 4.74 Å². The van der Waals surface area contributed by atoms with E-state index in [1.165, 1.54) is 5.56 Å². The van der Waals surface area contributed by atoms with Gasteiger partial charge in [0.2, 0.25) is 0 Å². The van der Waals surface area contributed by atoms with Crippen LogP contribution in [0.1, 0.15) is 39.0 Å². The van der Waals surface area contributed by atoms with Gasteiger partial charge in [0.05, 0.1) is 12.4 Å². The zero-order valence-electron chi connectivity index (χ0n) is 15.4. The number of imidazole rings is 1. The van der Waals surface area contributed by atoms with Crippen molar-refractivity contribution in [3.05, 3.63) is 48.5 Å². The smallest absolute Gasteiger partial charge is 0.166 e. The summed E-state index contributed by atoms with van der Waals surface area (Å²) in [5, 5.41) is 0.920. The zero-order valence-corrected chi connectivity index (χ0v) is 16.2. The van der Waals surface area contributed by atoms with Gasteiger partial charge in [-0.05, 0) is 17.9 Å². The molecule has 6 heteroatoms. The minimum Gasteiger partial charge on any atom is -0.354 e. The molecule has 0 saturated carbocycles. The fourth-order valence-corrected chi connectivity index (χ4v) is 4.56. The van der Waals surface area contributed by atoms with Gasteiger partial charge in [0.1, 0.15) is 23.1 Å². The van der Waals surface area contributed by atoms with E-state index in [1.807, 2.05) is 12.4 Å². The van der Waals surface area contributed by atoms with Gasteiger partial charge >= 0.3 is 0 Å². The lowest BCUT2D eigenvalue weighted by Gasteiger charge is -2.18. The van der Waals surface area contributed by atoms with Crippen LogP contribution in [0.4, 0.5) is 0 Å². The van der Waals surface area contributed by atoms with Crippen molar-refractivity contribution >= 4 is 22.9 Å². The fraction of sp³-hybridized carbons (Fsp3) is 0.450. The molecule has 0 spiro atoms. The summed E-state index contributed by atoms with van der Waals surface area (Å²) in [5.41, 5.74) is 2.99. The Balaban J connectivity index is 1.61. The number of ether oxygens (including phenoxy) is 1. The first-order valence-electron chi connectivity index (χ1n) is 9.18. The molecule has 0 N–H and O–H groups in total. The van der Waals surface area contributed by atoms with Crippen LogP contribution in [0.25, 0.3) is 11.2 Å². The number of fused-ring (bicyclic) bond motifs is 1. The molecule has 0 aliphatic carbocycles. The Hall–Kier alpha value is -1.92. The summed E-state index contributed by atoms with van der Waals surface area (Å²) < 4.78 is 8.40. The van der Waals surface area contributed by atoms with E-state index < -0.39 is 0 Å². The van der Waals surface area contributed by atoms with Gasteiger partial charge < -0.3 is 4.74 Å². The molecule has 4 rings (SSSR count). The van der Waals surface area contributed by atoms with Gasteiger partial charge in [-0.15, -0.1) is 0 Å². The third kappa shape index (κ3) is 3.12. The van der Waals surface area contributed by atoms with Crippen LogP contribution in [0.5, 0.6) is 0 Å². The van der Waals surface area contributed by atoms with E-state index in [9.17, 15) is 0 Å². The van der Waals surface area contributed by atoms with Gasteiger partial charge in [-0.2, -0.15) is 0 Å². The Labute approximate surface area is 158 Å². The molecule has 0 radical (unpaired) electrons. The van der Waals surface area contributed by atoms with Crippen LogP contribution in [0, 0.1) is 11.8 Å². The van der Waals surface area contributed by atoms with E-state index in [1.54, 1.807) is 18.1 Å². The van der Waals surface area contributed by atoms with Gasteiger partial charge in [0, 0.05) is 11.7 Å². The molecule has 1 aliphatic heterocycles. The number of nitrogens with zero attached hydrogens (tertiary/aromatic N) is 4. The Bertz CT molecular complexity index is 882. The third-order valence-electron chi connectivity index (χ3n) is 5.40. The van der Waals surface area contributed by atoms with Crippen molar-refractivity contribution in [2.75, 3.05) is 0 Å². The molecular weight excluding hydrogens is 344 g/mol. The number of hydrogen-bond acceptors (Lipinski definition) is 5. The van der Waals surface area contributed by atoms with Crippen LogP contribution in [0.15, 0.2) is 48.0 Å². The molecule has 3 heterocycles. The van der Waals surface area contributed by atoms with Gasteiger partial charge in [0.25, 0.3) is 0 Å². The Kier molecular flexibility index (Phi) is 4.96. The van der Waals surface area contributed by atoms with Crippen LogP contribution in [-0.4, -0.2) is 25.6 Å². The van der Waals surface area contributed by atoms with Crippen molar-refractivity contribution in [3.8, 4) is 0 Å². The van der Waals surface area contributed by atoms with Crippen LogP contribution in [0.3, 0.4) is 0 Å².